The summed E-state index contributed by atoms with van der Waals surface area (Å²) in [5.74, 6) is 0. The van der Waals surface area contributed by atoms with Crippen LogP contribution in [0.15, 0.2) is 30.3 Å². The topological polar surface area (TPSA) is 18.5 Å². The molecule has 2 heteroatoms. The van der Waals surface area contributed by atoms with Crippen LogP contribution in [0.2, 0.25) is 0 Å². The Balaban J connectivity index is 0. The lowest BCUT2D eigenvalue weighted by Crippen LogP contribution is -1.73. The van der Waals surface area contributed by atoms with Crippen molar-refractivity contribution >= 4 is 0 Å². The van der Waals surface area contributed by atoms with Gasteiger partial charge in [0, 0.05) is 27.9 Å². The summed E-state index contributed by atoms with van der Waals surface area (Å²) in [6, 6.07) is 10.3. The quantitative estimate of drug-likeness (QED) is 0.690. The summed E-state index contributed by atoms with van der Waals surface area (Å²) in [7, 11) is 4.93. The van der Waals surface area contributed by atoms with Crippen LogP contribution < -0.4 is 0 Å². The lowest BCUT2D eigenvalue weighted by molar-refractivity contribution is 0.215. The average molecular weight is 198 g/mol. The van der Waals surface area contributed by atoms with Crippen LogP contribution in [0.4, 0.5) is 0 Å². The molecule has 0 aliphatic carbocycles. The predicted molar refractivity (Wildman–Crippen MR) is 61.7 cm³/mol. The first-order chi connectivity index (χ1) is 6.72. The Morgan fingerprint density at radius 2 is 1.36 bits per heavy atom. The molecule has 82 valence electrons. The van der Waals surface area contributed by atoms with E-state index in [1.54, 1.807) is 21.3 Å². The number of rotatable bonds is 1. The highest BCUT2D eigenvalue weighted by molar-refractivity contribution is 5.11. The molecule has 0 radical (unpaired) electrons. The molecule has 0 heterocycles. The first-order valence-corrected chi connectivity index (χ1v) is 4.63. The van der Waals surface area contributed by atoms with Crippen LogP contribution >= 0.6 is 0 Å². The van der Waals surface area contributed by atoms with Crippen LogP contribution in [-0.2, 0) is 9.47 Å². The van der Waals surface area contributed by atoms with Crippen LogP contribution in [0.1, 0.15) is 12.5 Å². The van der Waals surface area contributed by atoms with Gasteiger partial charge in [0.2, 0.25) is 0 Å². The third-order valence-corrected chi connectivity index (χ3v) is 1.23. The summed E-state index contributed by atoms with van der Waals surface area (Å²) in [5, 5.41) is 0. The summed E-state index contributed by atoms with van der Waals surface area (Å²) in [4.78, 5) is 0. The van der Waals surface area contributed by atoms with Crippen molar-refractivity contribution in [3.05, 3.63) is 35.9 Å². The second kappa shape index (κ2) is 14.7. The van der Waals surface area contributed by atoms with Crippen LogP contribution in [0.3, 0.4) is 0 Å². The molecule has 1 aromatic carbocycles. The van der Waals surface area contributed by atoms with Crippen molar-refractivity contribution in [2.75, 3.05) is 27.9 Å². The highest BCUT2D eigenvalue weighted by Crippen LogP contribution is 1.92. The Kier molecular flexibility index (Phi) is 16.3. The molecule has 0 saturated heterocycles. The minimum Gasteiger partial charge on any atom is -0.388 e. The third-order valence-electron chi connectivity index (χ3n) is 1.23. The van der Waals surface area contributed by atoms with Crippen LogP contribution in [0.25, 0.3) is 0 Å². The number of methoxy groups -OCH3 is 2. The van der Waals surface area contributed by atoms with Gasteiger partial charge in [-0.3, -0.25) is 0 Å². The number of benzene rings is 1. The summed E-state index contributed by atoms with van der Waals surface area (Å²) in [6.45, 7) is 4.86. The second-order valence-corrected chi connectivity index (χ2v) is 2.64. The molecule has 0 aliphatic rings. The van der Waals surface area contributed by atoms with Crippen LogP contribution in [-0.4, -0.2) is 27.9 Å². The number of hydrogen-bond donors (Lipinski definition) is 0. The summed E-state index contributed by atoms with van der Waals surface area (Å²) < 4.78 is 8.79. The number of ether oxygens (including phenoxy) is 2. The van der Waals surface area contributed by atoms with Gasteiger partial charge < -0.3 is 9.47 Å². The maximum Gasteiger partial charge on any atom is 0.0433 e. The number of hydrogen-bond acceptors (Lipinski definition) is 2. The molecule has 0 amide bonds. The van der Waals surface area contributed by atoms with Gasteiger partial charge in [-0.15, -0.1) is 0 Å². The van der Waals surface area contributed by atoms with Crippen molar-refractivity contribution in [1.29, 1.82) is 0 Å². The first-order valence-electron chi connectivity index (χ1n) is 4.63. The normalized spacial score (nSPS) is 7.79. The number of aryl methyl sites for hydroxylation is 1. The molecule has 14 heavy (non-hydrogen) atoms. The van der Waals surface area contributed by atoms with Gasteiger partial charge in [0.05, 0.1) is 0 Å². The van der Waals surface area contributed by atoms with Gasteiger partial charge in [-0.25, -0.2) is 0 Å². The molecule has 0 unspecified atom stereocenters. The summed E-state index contributed by atoms with van der Waals surface area (Å²) in [6.07, 6.45) is 0. The van der Waals surface area contributed by atoms with E-state index in [2.05, 4.69) is 28.5 Å². The van der Waals surface area contributed by atoms with Gasteiger partial charge in [-0.2, -0.15) is 0 Å². The van der Waals surface area contributed by atoms with E-state index in [9.17, 15) is 0 Å². The Morgan fingerprint density at radius 1 is 1.00 bits per heavy atom. The average Bonchev–Trinajstić information content (AvgIpc) is 2.21. The maximum atomic E-state index is 4.54. The highest BCUT2D eigenvalue weighted by atomic mass is 16.5. The summed E-state index contributed by atoms with van der Waals surface area (Å²) >= 11 is 0. The highest BCUT2D eigenvalue weighted by Gasteiger charge is 1.72. The van der Waals surface area contributed by atoms with Crippen molar-refractivity contribution in [2.45, 2.75) is 13.8 Å². The zero-order chi connectivity index (χ0) is 11.2. The SMILES string of the molecule is CCOC.COC.Cc1ccccc1. The van der Waals surface area contributed by atoms with Crippen LogP contribution in [0, 0.1) is 6.92 Å². The van der Waals surface area contributed by atoms with Gasteiger partial charge in [0.25, 0.3) is 0 Å². The van der Waals surface area contributed by atoms with E-state index < -0.39 is 0 Å². The zero-order valence-corrected chi connectivity index (χ0v) is 9.91. The molecule has 0 spiro atoms. The molecule has 1 rings (SSSR count). The van der Waals surface area contributed by atoms with E-state index in [-0.39, 0.29) is 0 Å². The molecule has 0 bridgehead atoms. The van der Waals surface area contributed by atoms with E-state index >= 15 is 0 Å². The monoisotopic (exact) mass is 198 g/mol. The molecule has 0 N–H and O–H groups in total. The fourth-order valence-corrected chi connectivity index (χ4v) is 0.534. The minimum atomic E-state index is 0.819. The molecule has 2 nitrogen and oxygen atoms in total. The lowest BCUT2D eigenvalue weighted by atomic mass is 10.2. The predicted octanol–water partition coefficient (Wildman–Crippen LogP) is 2.91. The Labute approximate surface area is 87.9 Å². The molecule has 0 atom stereocenters. The molecular formula is C12H22O2. The van der Waals surface area contributed by atoms with Gasteiger partial charge in [-0.05, 0) is 13.8 Å². The lowest BCUT2D eigenvalue weighted by Gasteiger charge is -1.82. The third kappa shape index (κ3) is 17.3. The van der Waals surface area contributed by atoms with Gasteiger partial charge in [-0.1, -0.05) is 35.9 Å². The molecule has 0 fully saturated rings. The molecule has 1 aromatic rings. The van der Waals surface area contributed by atoms with E-state index in [4.69, 9.17) is 0 Å². The second-order valence-electron chi connectivity index (χ2n) is 2.64. The molecular weight excluding hydrogens is 176 g/mol. The van der Waals surface area contributed by atoms with Crippen molar-refractivity contribution in [1.82, 2.24) is 0 Å². The van der Waals surface area contributed by atoms with Gasteiger partial charge in [0.15, 0.2) is 0 Å². The van der Waals surface area contributed by atoms with E-state index in [1.165, 1.54) is 5.56 Å². The first kappa shape index (κ1) is 15.6. The van der Waals surface area contributed by atoms with Crippen molar-refractivity contribution in [3.8, 4) is 0 Å². The maximum absolute atomic E-state index is 4.54. The zero-order valence-electron chi connectivity index (χ0n) is 9.91. The molecule has 0 aromatic heterocycles. The molecule has 0 aliphatic heterocycles. The standard InChI is InChI=1S/C7H8.C3H8O.C2H6O/c1-7-5-3-2-4-6-7;1-3-4-2;1-3-2/h2-6H,1H3;3H2,1-2H3;1-2H3. The fourth-order valence-electron chi connectivity index (χ4n) is 0.534. The van der Waals surface area contributed by atoms with Crippen molar-refractivity contribution in [2.24, 2.45) is 0 Å². The Hall–Kier alpha value is -0.860. The van der Waals surface area contributed by atoms with E-state index in [0.29, 0.717) is 0 Å². The van der Waals surface area contributed by atoms with Gasteiger partial charge >= 0.3 is 0 Å². The van der Waals surface area contributed by atoms with Crippen LogP contribution in [0.5, 0.6) is 0 Å². The minimum absolute atomic E-state index is 0.819. The van der Waals surface area contributed by atoms with Gasteiger partial charge in [0.1, 0.15) is 0 Å². The Bertz CT molecular complexity index is 171. The Morgan fingerprint density at radius 3 is 1.50 bits per heavy atom. The van der Waals surface area contributed by atoms with Crippen molar-refractivity contribution < 1.29 is 9.47 Å². The fraction of sp³-hybridized carbons (Fsp3) is 0.500. The van der Waals surface area contributed by atoms with E-state index in [1.807, 2.05) is 25.1 Å². The van der Waals surface area contributed by atoms with E-state index in [0.717, 1.165) is 6.61 Å². The largest absolute Gasteiger partial charge is 0.388 e. The smallest absolute Gasteiger partial charge is 0.0433 e. The summed E-state index contributed by atoms with van der Waals surface area (Å²) in [5.41, 5.74) is 1.32. The van der Waals surface area contributed by atoms with Crippen molar-refractivity contribution in [3.63, 3.8) is 0 Å². The molecule has 0 saturated carbocycles.